The fourth-order valence-electron chi connectivity index (χ4n) is 11.4. The van der Waals surface area contributed by atoms with Crippen LogP contribution >= 0.6 is 21.6 Å². The number of amides is 10. The molecule has 109 heavy (non-hydrogen) atoms. The van der Waals surface area contributed by atoms with Gasteiger partial charge in [0.15, 0.2) is 0 Å². The first-order valence-electron chi connectivity index (χ1n) is 35.6. The molecule has 0 bridgehead atoms. The Balaban J connectivity index is 0.00000452. The molecule has 1 aliphatic heterocycles. The molecule has 0 unspecified atom stereocenters. The number of aromatic nitrogens is 1. The second-order valence-electron chi connectivity index (χ2n) is 26.6. The van der Waals surface area contributed by atoms with Gasteiger partial charge >= 0.3 is 5.97 Å². The molecule has 13 atom stereocenters. The normalized spacial score (nSPS) is 23.1. The molecule has 33 heteroatoms. The number of aliphatic hydroxyl groups is 3. The van der Waals surface area contributed by atoms with Crippen LogP contribution in [0.25, 0.3) is 10.9 Å². The van der Waals surface area contributed by atoms with E-state index in [4.69, 9.17) is 21.4 Å². The number of carbonyl (C=O) groups excluding carboxylic acids is 10. The fourth-order valence-corrected chi connectivity index (χ4v) is 13.7. The van der Waals surface area contributed by atoms with Crippen molar-refractivity contribution in [1.82, 2.24) is 63.5 Å². The topological polar surface area (TPSA) is 506 Å². The molecule has 0 aliphatic carbocycles. The number of fused-ring (bicyclic) bond motifs is 1. The summed E-state index contributed by atoms with van der Waals surface area (Å²) in [6.45, 7) is 7.00. The van der Waals surface area contributed by atoms with Gasteiger partial charge in [-0.25, -0.2) is 4.79 Å². The minimum atomic E-state index is -1.91. The lowest BCUT2D eigenvalue weighted by Crippen LogP contribution is -2.63. The first-order valence-corrected chi connectivity index (χ1v) is 38.1. The lowest BCUT2D eigenvalue weighted by molar-refractivity contribution is -0.142. The highest BCUT2D eigenvalue weighted by atomic mass is 33.1. The molecule has 21 N–H and O–H groups in total. The molecular weight excluding hydrogens is 1450 g/mol. The number of H-pyrrole nitrogens is 1. The van der Waals surface area contributed by atoms with Gasteiger partial charge in [-0.05, 0) is 79.1 Å². The van der Waals surface area contributed by atoms with Crippen molar-refractivity contribution in [3.8, 4) is 0 Å². The Morgan fingerprint density at radius 1 is 0.459 bits per heavy atom. The summed E-state index contributed by atoms with van der Waals surface area (Å²) in [6, 6.07) is 22.4. The predicted molar refractivity (Wildman–Crippen MR) is 411 cm³/mol. The number of carboxylic acids is 2. The van der Waals surface area contributed by atoms with E-state index in [1.807, 2.05) is 38.1 Å². The lowest BCUT2D eigenvalue weighted by atomic mass is 9.99. The van der Waals surface area contributed by atoms with Gasteiger partial charge in [-0.1, -0.05) is 169 Å². The fraction of sp³-hybridized carbons (Fsp3) is 0.421. The summed E-state index contributed by atoms with van der Waals surface area (Å²) in [5.74, 6) is -12.8. The third kappa shape index (κ3) is 29.3. The highest BCUT2D eigenvalue weighted by molar-refractivity contribution is 8.76. The highest BCUT2D eigenvalue weighted by Crippen LogP contribution is 2.24. The third-order valence-electron chi connectivity index (χ3n) is 17.3. The van der Waals surface area contributed by atoms with Crippen molar-refractivity contribution in [2.24, 2.45) is 11.5 Å². The minimum absolute atomic E-state index is 0.0300. The number of para-hydroxylation sites is 1. The van der Waals surface area contributed by atoms with E-state index in [0.29, 0.717) is 58.1 Å². The summed E-state index contributed by atoms with van der Waals surface area (Å²) in [7, 11) is 1.84. The molecule has 0 saturated carbocycles. The van der Waals surface area contributed by atoms with Crippen molar-refractivity contribution in [2.45, 2.75) is 177 Å². The summed E-state index contributed by atoms with van der Waals surface area (Å²) in [5.41, 5.74) is 16.5. The van der Waals surface area contributed by atoms with Crippen LogP contribution in [0.5, 0.6) is 0 Å². The molecule has 31 nitrogen and oxygen atoms in total. The molecule has 1 saturated heterocycles. The Morgan fingerprint density at radius 2 is 0.826 bits per heavy atom. The van der Waals surface area contributed by atoms with Gasteiger partial charge in [-0.3, -0.25) is 52.7 Å². The van der Waals surface area contributed by atoms with Crippen LogP contribution in [-0.4, -0.2) is 211 Å². The molecule has 588 valence electrons. The summed E-state index contributed by atoms with van der Waals surface area (Å²) in [4.78, 5) is 172. The number of unbranched alkanes of at least 4 members (excludes halogenated alkanes) is 1. The average Bonchev–Trinajstić information content (AvgIpc) is 1.60. The van der Waals surface area contributed by atoms with Crippen molar-refractivity contribution in [3.63, 3.8) is 0 Å². The maximum absolute atomic E-state index is 15.5. The number of carbonyl (C=O) groups is 12. The molecule has 5 aromatic carbocycles. The number of benzene rings is 5. The maximum atomic E-state index is 15.5. The molecule has 1 aromatic heterocycles. The second kappa shape index (κ2) is 44.9. The van der Waals surface area contributed by atoms with E-state index < -0.39 is 156 Å². The number of hydrogen-bond acceptors (Lipinski definition) is 20. The molecular formula is C76H100N14O17S2. The number of carboxylic acid groups (broad SMARTS) is 2. The first kappa shape index (κ1) is 87.6. The van der Waals surface area contributed by atoms with Crippen molar-refractivity contribution in [3.05, 3.63) is 179 Å². The minimum Gasteiger partial charge on any atom is -0.481 e. The molecule has 0 spiro atoms. The van der Waals surface area contributed by atoms with E-state index in [-0.39, 0.29) is 62.6 Å². The monoisotopic (exact) mass is 1540 g/mol. The summed E-state index contributed by atoms with van der Waals surface area (Å²) in [6.07, 6.45) is -2.02. The maximum Gasteiger partial charge on any atom is 0.327 e. The van der Waals surface area contributed by atoms with Crippen molar-refractivity contribution in [2.75, 3.05) is 24.7 Å². The van der Waals surface area contributed by atoms with Gasteiger partial charge in [0.1, 0.15) is 60.4 Å². The number of aliphatic carboxylic acids is 2. The van der Waals surface area contributed by atoms with Gasteiger partial charge in [0, 0.05) is 80.2 Å². The highest BCUT2D eigenvalue weighted by Gasteiger charge is 2.39. The van der Waals surface area contributed by atoms with E-state index in [9.17, 15) is 54.0 Å². The SMILES string of the molecule is CC(=O)O.CC(C)NCc1ccc(C[C@@H]2NC(=O)[C@@H](Cc3c[nH]c4ccccc34)NC(=O)[C@H](Cc3ccccc3)NC(=O)[C@H](Cc3ccccc3)NC(=O)[C@H](CCCCN)NC(=O)[C@@H](N)CSSC[C@@H](C(=O)O)NC(=O)[C@H](CO)NC(=O)[C@H]([C@@H](C)O)NC(=O)[C@H](Cc3ccccc3)NC(=O)[C@H]([C@@H](C)O)NC2=O)cc1. The zero-order valence-electron chi connectivity index (χ0n) is 61.2. The van der Waals surface area contributed by atoms with E-state index >= 15 is 19.2 Å². The molecule has 6 aromatic rings. The predicted octanol–water partition coefficient (Wildman–Crippen LogP) is -0.192. The number of aliphatic hydroxyl groups excluding tert-OH is 3. The van der Waals surface area contributed by atoms with Crippen LogP contribution in [0.1, 0.15) is 87.3 Å². The van der Waals surface area contributed by atoms with E-state index in [2.05, 4.69) is 63.5 Å². The molecule has 1 fully saturated rings. The molecule has 10 amide bonds. The number of nitrogens with one attached hydrogen (secondary N) is 12. The van der Waals surface area contributed by atoms with Crippen LogP contribution < -0.4 is 70.0 Å². The Bertz CT molecular complexity index is 3990. The number of aromatic amines is 1. The third-order valence-corrected chi connectivity index (χ3v) is 19.8. The Morgan fingerprint density at radius 3 is 1.26 bits per heavy atom. The van der Waals surface area contributed by atoms with Gasteiger partial charge in [-0.2, -0.15) is 0 Å². The van der Waals surface area contributed by atoms with Crippen molar-refractivity contribution in [1.29, 1.82) is 0 Å². The Kier molecular flexibility index (Phi) is 36.1. The van der Waals surface area contributed by atoms with Crippen LogP contribution in [0.3, 0.4) is 0 Å². The van der Waals surface area contributed by atoms with Crippen LogP contribution in [-0.2, 0) is 96.2 Å². The Hall–Kier alpha value is -10.3. The van der Waals surface area contributed by atoms with Crippen LogP contribution in [0.2, 0.25) is 0 Å². The van der Waals surface area contributed by atoms with Crippen LogP contribution in [0, 0.1) is 0 Å². The average molecular weight is 1550 g/mol. The number of hydrogen-bond donors (Lipinski definition) is 19. The number of nitrogens with two attached hydrogens (primary N) is 2. The zero-order valence-corrected chi connectivity index (χ0v) is 62.9. The van der Waals surface area contributed by atoms with Gasteiger partial charge in [0.05, 0.1) is 24.9 Å². The molecule has 1 aliphatic rings. The molecule has 0 radical (unpaired) electrons. The lowest BCUT2D eigenvalue weighted by Gasteiger charge is -2.29. The quantitative estimate of drug-likeness (QED) is 0.0328. The van der Waals surface area contributed by atoms with Gasteiger partial charge < -0.3 is 100 Å². The van der Waals surface area contributed by atoms with Crippen LogP contribution in [0.15, 0.2) is 146 Å². The van der Waals surface area contributed by atoms with Crippen LogP contribution in [0.4, 0.5) is 0 Å². The van der Waals surface area contributed by atoms with Gasteiger partial charge in [0.2, 0.25) is 59.1 Å². The Labute approximate surface area is 639 Å². The summed E-state index contributed by atoms with van der Waals surface area (Å²) in [5, 5.41) is 80.5. The second-order valence-corrected chi connectivity index (χ2v) is 29.2. The summed E-state index contributed by atoms with van der Waals surface area (Å²) >= 11 is 0. The van der Waals surface area contributed by atoms with E-state index in [1.54, 1.807) is 121 Å². The van der Waals surface area contributed by atoms with E-state index in [0.717, 1.165) is 41.0 Å². The first-order chi connectivity index (χ1) is 52.0. The van der Waals surface area contributed by atoms with Crippen molar-refractivity contribution < 1.29 is 83.1 Å². The van der Waals surface area contributed by atoms with Crippen molar-refractivity contribution >= 4 is 104 Å². The van der Waals surface area contributed by atoms with E-state index in [1.165, 1.54) is 6.92 Å². The van der Waals surface area contributed by atoms with Gasteiger partial charge in [0.25, 0.3) is 5.97 Å². The molecule has 2 heterocycles. The number of rotatable bonds is 21. The van der Waals surface area contributed by atoms with Gasteiger partial charge in [-0.15, -0.1) is 0 Å². The zero-order chi connectivity index (χ0) is 79.7. The smallest absolute Gasteiger partial charge is 0.327 e. The standard InChI is InChI=1S/C74H96N14O15S2.C2H4O2/c1-42(2)77-37-49-29-27-48(28-30-49)35-57-69(97)87-62(43(3)90)72(100)84-58(34-47-22-12-7-13-23-47)70(98)88-63(44(4)91)73(101)85-60(39-89)71(99)86-61(74(102)103)41-105-104-40-52(76)64(92)79-54(26-16-17-31-75)65(93)80-55(32-45-18-8-5-9-19-45)66(94)81-56(33-46-20-10-6-11-21-46)67(95)83-59(68(96)82-57)36-50-38-78-53-25-15-14-24-51(50)53;1-2(3)4/h5-15,18-25,27-30,38,42-44,52,54-63,77-78,89-91H,16-17,26,31-37,39-41,75-76H2,1-4H3,(H,79,92)(H,80,93)(H,81,94)(H,82,96)(H,83,95)(H,84,100)(H,85,101)(H,86,99)(H,87,97)(H,88,98)(H,102,103);1H3,(H,3,4)/t43-,44-,52+,54+,55+,56+,57+,58+,59-,60+,61+,62+,63+;/m1./s1. The summed E-state index contributed by atoms with van der Waals surface area (Å²) < 4.78 is 0. The molecule has 7 rings (SSSR count). The largest absolute Gasteiger partial charge is 0.481 e.